The number of thiophene rings is 1. The highest BCUT2D eigenvalue weighted by Crippen LogP contribution is 2.18. The van der Waals surface area contributed by atoms with Crippen LogP contribution in [0.25, 0.3) is 0 Å². The molecular weight excluding hydrogens is 289 g/mol. The normalized spacial score (nSPS) is 12.2. The zero-order valence-electron chi connectivity index (χ0n) is 9.77. The maximum atomic E-state index is 12.9. The van der Waals surface area contributed by atoms with Crippen molar-refractivity contribution in [2.75, 3.05) is 6.54 Å². The first-order valence-electron chi connectivity index (χ1n) is 5.51. The summed E-state index contributed by atoms with van der Waals surface area (Å²) in [5.74, 6) is -0.945. The number of halogens is 2. The van der Waals surface area contributed by atoms with Crippen LogP contribution in [-0.2, 0) is 0 Å². The lowest BCUT2D eigenvalue weighted by atomic mass is 10.1. The van der Waals surface area contributed by atoms with E-state index >= 15 is 0 Å². The van der Waals surface area contributed by atoms with E-state index < -0.39 is 17.8 Å². The van der Waals surface area contributed by atoms with E-state index in [9.17, 15) is 14.3 Å². The fourth-order valence-corrected chi connectivity index (χ4v) is 2.50. The first kappa shape index (κ1) is 14.0. The first-order chi connectivity index (χ1) is 9.08. The van der Waals surface area contributed by atoms with E-state index in [1.807, 2.05) is 10.8 Å². The van der Waals surface area contributed by atoms with Gasteiger partial charge in [0.1, 0.15) is 5.82 Å². The zero-order chi connectivity index (χ0) is 13.8. The van der Waals surface area contributed by atoms with Crippen molar-refractivity contribution in [2.45, 2.75) is 6.10 Å². The highest BCUT2D eigenvalue weighted by Gasteiger charge is 2.13. The van der Waals surface area contributed by atoms with Gasteiger partial charge >= 0.3 is 0 Å². The molecule has 19 heavy (non-hydrogen) atoms. The predicted octanol–water partition coefficient (Wildman–Crippen LogP) is 3.00. The van der Waals surface area contributed by atoms with Crippen molar-refractivity contribution in [3.63, 3.8) is 0 Å². The van der Waals surface area contributed by atoms with E-state index in [0.29, 0.717) is 0 Å². The van der Waals surface area contributed by atoms with Crippen molar-refractivity contribution in [3.8, 4) is 0 Å². The third-order valence-corrected chi connectivity index (χ3v) is 3.57. The monoisotopic (exact) mass is 299 g/mol. The molecule has 6 heteroatoms. The van der Waals surface area contributed by atoms with Crippen LogP contribution in [0.4, 0.5) is 4.39 Å². The Balaban J connectivity index is 1.98. The summed E-state index contributed by atoms with van der Waals surface area (Å²) in [6.07, 6.45) is -0.769. The number of amides is 1. The van der Waals surface area contributed by atoms with Crippen LogP contribution < -0.4 is 5.32 Å². The quantitative estimate of drug-likeness (QED) is 0.912. The van der Waals surface area contributed by atoms with Crippen LogP contribution in [0.15, 0.2) is 35.0 Å². The number of rotatable bonds is 4. The topological polar surface area (TPSA) is 49.3 Å². The molecule has 2 rings (SSSR count). The summed E-state index contributed by atoms with van der Waals surface area (Å²) in [5.41, 5.74) is 0.927. The lowest BCUT2D eigenvalue weighted by Crippen LogP contribution is -2.28. The summed E-state index contributed by atoms with van der Waals surface area (Å²) < 4.78 is 12.9. The molecule has 0 aliphatic carbocycles. The predicted molar refractivity (Wildman–Crippen MR) is 73.0 cm³/mol. The molecule has 0 fully saturated rings. The second-order valence-corrected chi connectivity index (χ2v) is 5.09. The fraction of sp³-hybridized carbons (Fsp3) is 0.154. The number of aliphatic hydroxyl groups is 1. The van der Waals surface area contributed by atoms with Crippen LogP contribution in [0.5, 0.6) is 0 Å². The van der Waals surface area contributed by atoms with E-state index in [1.54, 1.807) is 6.07 Å². The van der Waals surface area contributed by atoms with Crippen molar-refractivity contribution in [3.05, 3.63) is 57.0 Å². The molecule has 2 aromatic rings. The van der Waals surface area contributed by atoms with Gasteiger partial charge in [0, 0.05) is 6.54 Å². The number of aliphatic hydroxyl groups excluding tert-OH is 1. The second kappa shape index (κ2) is 6.14. The molecule has 0 saturated carbocycles. The molecule has 0 saturated heterocycles. The van der Waals surface area contributed by atoms with Gasteiger partial charge in [-0.25, -0.2) is 4.39 Å². The second-order valence-electron chi connectivity index (χ2n) is 3.91. The fourth-order valence-electron chi connectivity index (χ4n) is 1.54. The minimum atomic E-state index is -0.769. The van der Waals surface area contributed by atoms with Crippen LogP contribution in [0.2, 0.25) is 5.02 Å². The molecule has 0 aliphatic heterocycles. The standard InChI is InChI=1S/C13H11ClFNO2S/c14-11-5-9(15)1-2-10(11)13(18)16-6-12(17)8-3-4-19-7-8/h1-5,7,12,17H,6H2,(H,16,18). The average molecular weight is 300 g/mol. The molecule has 2 N–H and O–H groups in total. The average Bonchev–Trinajstić information content (AvgIpc) is 2.89. The third kappa shape index (κ3) is 3.53. The molecule has 1 atom stereocenters. The van der Waals surface area contributed by atoms with Crippen LogP contribution in [0, 0.1) is 5.82 Å². The van der Waals surface area contributed by atoms with E-state index in [1.165, 1.54) is 17.4 Å². The summed E-state index contributed by atoms with van der Waals surface area (Å²) in [7, 11) is 0. The van der Waals surface area contributed by atoms with Crippen LogP contribution in [0.1, 0.15) is 22.0 Å². The molecule has 100 valence electrons. The molecule has 0 aliphatic rings. The van der Waals surface area contributed by atoms with E-state index in [-0.39, 0.29) is 17.1 Å². The van der Waals surface area contributed by atoms with Gasteiger partial charge in [0.05, 0.1) is 16.7 Å². The van der Waals surface area contributed by atoms with Crippen molar-refractivity contribution < 1.29 is 14.3 Å². The highest BCUT2D eigenvalue weighted by molar-refractivity contribution is 7.07. The first-order valence-corrected chi connectivity index (χ1v) is 6.83. The van der Waals surface area contributed by atoms with Gasteiger partial charge in [-0.05, 0) is 40.6 Å². The van der Waals surface area contributed by atoms with Gasteiger partial charge in [-0.2, -0.15) is 11.3 Å². The number of benzene rings is 1. The molecule has 0 radical (unpaired) electrons. The third-order valence-electron chi connectivity index (χ3n) is 2.56. The summed E-state index contributed by atoms with van der Waals surface area (Å²) in [4.78, 5) is 11.8. The smallest absolute Gasteiger partial charge is 0.252 e. The summed E-state index contributed by atoms with van der Waals surface area (Å²) in [6, 6.07) is 5.33. The van der Waals surface area contributed by atoms with Crippen LogP contribution in [-0.4, -0.2) is 17.6 Å². The Morgan fingerprint density at radius 1 is 1.47 bits per heavy atom. The van der Waals surface area contributed by atoms with E-state index in [0.717, 1.165) is 17.7 Å². The van der Waals surface area contributed by atoms with Crippen molar-refractivity contribution >= 4 is 28.8 Å². The van der Waals surface area contributed by atoms with Gasteiger partial charge in [0.15, 0.2) is 0 Å². The SMILES string of the molecule is O=C(NCC(O)c1ccsc1)c1ccc(F)cc1Cl. The van der Waals surface area contributed by atoms with Crippen molar-refractivity contribution in [1.82, 2.24) is 5.32 Å². The summed E-state index contributed by atoms with van der Waals surface area (Å²) in [6.45, 7) is 0.0727. The van der Waals surface area contributed by atoms with Gasteiger partial charge < -0.3 is 10.4 Å². The molecule has 1 heterocycles. The molecule has 3 nitrogen and oxygen atoms in total. The molecule has 1 aromatic carbocycles. The molecule has 0 bridgehead atoms. The number of carbonyl (C=O) groups is 1. The lowest BCUT2D eigenvalue weighted by Gasteiger charge is -2.11. The Morgan fingerprint density at radius 2 is 2.26 bits per heavy atom. The summed E-state index contributed by atoms with van der Waals surface area (Å²) in [5, 5.41) is 16.1. The maximum Gasteiger partial charge on any atom is 0.252 e. The maximum absolute atomic E-state index is 12.9. The number of hydrogen-bond acceptors (Lipinski definition) is 3. The largest absolute Gasteiger partial charge is 0.387 e. The molecule has 0 spiro atoms. The van der Waals surface area contributed by atoms with Gasteiger partial charge in [-0.15, -0.1) is 0 Å². The minimum Gasteiger partial charge on any atom is -0.387 e. The van der Waals surface area contributed by atoms with Gasteiger partial charge in [0.25, 0.3) is 5.91 Å². The number of nitrogens with one attached hydrogen (secondary N) is 1. The molecule has 1 amide bonds. The number of carbonyl (C=O) groups excluding carboxylic acids is 1. The Morgan fingerprint density at radius 3 is 2.89 bits per heavy atom. The van der Waals surface area contributed by atoms with E-state index in [2.05, 4.69) is 5.32 Å². The summed E-state index contributed by atoms with van der Waals surface area (Å²) >= 11 is 7.24. The van der Waals surface area contributed by atoms with Crippen molar-refractivity contribution in [1.29, 1.82) is 0 Å². The Kier molecular flexibility index (Phi) is 4.52. The van der Waals surface area contributed by atoms with Gasteiger partial charge in [-0.1, -0.05) is 11.6 Å². The molecule has 1 unspecified atom stereocenters. The Hall–Kier alpha value is -1.43. The van der Waals surface area contributed by atoms with Crippen molar-refractivity contribution in [2.24, 2.45) is 0 Å². The molecular formula is C13H11ClFNO2S. The Labute approximate surface area is 118 Å². The highest BCUT2D eigenvalue weighted by atomic mass is 35.5. The van der Waals surface area contributed by atoms with Crippen LogP contribution >= 0.6 is 22.9 Å². The number of hydrogen-bond donors (Lipinski definition) is 2. The minimum absolute atomic E-state index is 0.0440. The van der Waals surface area contributed by atoms with Gasteiger partial charge in [-0.3, -0.25) is 4.79 Å². The Bertz CT molecular complexity index is 574. The van der Waals surface area contributed by atoms with E-state index in [4.69, 9.17) is 11.6 Å². The molecule has 1 aromatic heterocycles. The van der Waals surface area contributed by atoms with Gasteiger partial charge in [0.2, 0.25) is 0 Å². The lowest BCUT2D eigenvalue weighted by molar-refractivity contribution is 0.0916. The zero-order valence-corrected chi connectivity index (χ0v) is 11.3. The van der Waals surface area contributed by atoms with Crippen LogP contribution in [0.3, 0.4) is 0 Å².